The van der Waals surface area contributed by atoms with Gasteiger partial charge in [0, 0.05) is 0 Å². The highest BCUT2D eigenvalue weighted by Gasteiger charge is 2.34. The summed E-state index contributed by atoms with van der Waals surface area (Å²) in [5.41, 5.74) is 28.6. The summed E-state index contributed by atoms with van der Waals surface area (Å²) in [6.07, 6.45) is 0. The Morgan fingerprint density at radius 3 is 1.07 bits per heavy atom. The summed E-state index contributed by atoms with van der Waals surface area (Å²) in [5.74, 6) is 0. The lowest BCUT2D eigenvalue weighted by Gasteiger charge is -2.28. The maximum absolute atomic E-state index is 2.52. The summed E-state index contributed by atoms with van der Waals surface area (Å²) < 4.78 is 0. The van der Waals surface area contributed by atoms with Gasteiger partial charge in [-0.1, -0.05) is 271 Å². The van der Waals surface area contributed by atoms with E-state index in [4.69, 9.17) is 0 Å². The van der Waals surface area contributed by atoms with Crippen LogP contribution in [0.1, 0.15) is 105 Å². The summed E-state index contributed by atoms with van der Waals surface area (Å²) in [4.78, 5) is 0. The number of benzene rings is 11. The van der Waals surface area contributed by atoms with Crippen molar-refractivity contribution in [1.82, 2.24) is 0 Å². The number of hydrogen-bond acceptors (Lipinski definition) is 0. The van der Waals surface area contributed by atoms with Crippen LogP contribution in [-0.2, 0) is 21.7 Å². The molecule has 0 heterocycles. The van der Waals surface area contributed by atoms with Crippen LogP contribution >= 0.6 is 0 Å². The van der Waals surface area contributed by atoms with E-state index < -0.39 is 0 Å². The Balaban J connectivity index is 1.10. The van der Waals surface area contributed by atoms with Crippen LogP contribution in [0.2, 0.25) is 0 Å². The van der Waals surface area contributed by atoms with Gasteiger partial charge < -0.3 is 0 Å². The lowest BCUT2D eigenvalue weighted by molar-refractivity contribution is 0.568. The first-order valence-electron chi connectivity index (χ1n) is 27.6. The maximum atomic E-state index is 2.52. The minimum absolute atomic E-state index is 0.0206. The molecule has 0 bridgehead atoms. The average molecular weight is 981 g/mol. The Labute approximate surface area is 451 Å². The highest BCUT2D eigenvalue weighted by atomic mass is 14.4. The molecule has 76 heavy (non-hydrogen) atoms. The summed E-state index contributed by atoms with van der Waals surface area (Å²) in [6, 6.07) is 75.1. The largest absolute Gasteiger partial charge is 0.0622 e. The van der Waals surface area contributed by atoms with Crippen LogP contribution in [0, 0.1) is 0 Å². The topological polar surface area (TPSA) is 0 Å². The summed E-state index contributed by atoms with van der Waals surface area (Å²) in [5, 5.41) is 7.77. The molecule has 0 fully saturated rings. The lowest BCUT2D eigenvalue weighted by Crippen LogP contribution is -2.16. The minimum atomic E-state index is -0.0206. The van der Waals surface area contributed by atoms with Crippen molar-refractivity contribution >= 4 is 32.3 Å². The van der Waals surface area contributed by atoms with E-state index >= 15 is 0 Å². The Morgan fingerprint density at radius 2 is 0.605 bits per heavy atom. The third kappa shape index (κ3) is 7.54. The van der Waals surface area contributed by atoms with Gasteiger partial charge in [-0.05, 0) is 182 Å². The van der Waals surface area contributed by atoms with Crippen LogP contribution in [0.15, 0.2) is 194 Å². The zero-order valence-electron chi connectivity index (χ0n) is 46.5. The summed E-state index contributed by atoms with van der Waals surface area (Å²) in [6.45, 7) is 28.2. The van der Waals surface area contributed by atoms with Crippen molar-refractivity contribution in [3.8, 4) is 100 Å². The Hall–Kier alpha value is -7.80. The zero-order chi connectivity index (χ0) is 52.8. The van der Waals surface area contributed by atoms with Crippen molar-refractivity contribution in [2.24, 2.45) is 0 Å². The molecule has 0 aliphatic heterocycles. The molecule has 372 valence electrons. The molecule has 0 radical (unpaired) electrons. The van der Waals surface area contributed by atoms with Gasteiger partial charge in [0.2, 0.25) is 0 Å². The second-order valence-corrected chi connectivity index (χ2v) is 26.1. The Bertz CT molecular complexity index is 4030. The SMILES string of the molecule is CC(C)(C)c1cc(-c2ccc(-c3cc(C(C)(C)C)cc(C(C)(C)C)c3)c3c2-c2cccc4c(-c5ccc6c(-c7ccccc7)c7c(c(-c8ccccc8)c6c5)-c5cccc6cccc-7c56)ccc-3c24)cc(C(C)(C)C)c1. The third-order valence-electron chi connectivity index (χ3n) is 16.9. The molecule has 2 aliphatic rings. The van der Waals surface area contributed by atoms with Crippen LogP contribution in [0.25, 0.3) is 132 Å². The van der Waals surface area contributed by atoms with E-state index in [1.165, 1.54) is 155 Å². The first-order chi connectivity index (χ1) is 36.2. The van der Waals surface area contributed by atoms with Crippen molar-refractivity contribution in [3.63, 3.8) is 0 Å². The highest BCUT2D eigenvalue weighted by molar-refractivity contribution is 6.28. The van der Waals surface area contributed by atoms with Gasteiger partial charge in [-0.25, -0.2) is 0 Å². The molecule has 13 rings (SSSR count). The van der Waals surface area contributed by atoms with Gasteiger partial charge >= 0.3 is 0 Å². The minimum Gasteiger partial charge on any atom is -0.0622 e. The molecule has 0 N–H and O–H groups in total. The maximum Gasteiger partial charge on any atom is -0.000741 e. The van der Waals surface area contributed by atoms with Gasteiger partial charge in [0.25, 0.3) is 0 Å². The van der Waals surface area contributed by atoms with Crippen LogP contribution in [0.3, 0.4) is 0 Å². The molecule has 11 aromatic carbocycles. The van der Waals surface area contributed by atoms with Gasteiger partial charge in [-0.3, -0.25) is 0 Å². The molecule has 0 saturated heterocycles. The quantitative estimate of drug-likeness (QED) is 0.161. The van der Waals surface area contributed by atoms with Crippen LogP contribution in [0.4, 0.5) is 0 Å². The van der Waals surface area contributed by atoms with E-state index in [2.05, 4.69) is 277 Å². The molecular weight excluding hydrogens is 913 g/mol. The second kappa shape index (κ2) is 16.9. The molecular formula is C76H68. The fourth-order valence-electron chi connectivity index (χ4n) is 12.8. The van der Waals surface area contributed by atoms with Gasteiger partial charge in [0.15, 0.2) is 0 Å². The second-order valence-electron chi connectivity index (χ2n) is 26.1. The Morgan fingerprint density at radius 1 is 0.211 bits per heavy atom. The van der Waals surface area contributed by atoms with E-state index in [0.717, 1.165) is 0 Å². The smallest absolute Gasteiger partial charge is 0.000741 e. The summed E-state index contributed by atoms with van der Waals surface area (Å²) >= 11 is 0. The van der Waals surface area contributed by atoms with Crippen molar-refractivity contribution in [2.45, 2.75) is 105 Å². The van der Waals surface area contributed by atoms with Gasteiger partial charge in [0.1, 0.15) is 0 Å². The van der Waals surface area contributed by atoms with Crippen LogP contribution in [-0.4, -0.2) is 0 Å². The number of rotatable bonds is 5. The number of fused-ring (bicyclic) bond motifs is 7. The standard InChI is InChI=1S/C76H68/c1-73(2,3)51-38-49(39-52(43-51)74(4,5)6)56-35-36-57(50-40-53(75(7,8)9)44-54(41-50)76(10,11)12)70-63-37-34-55(58-28-21-31-62(68(58)63)69(56)70)48-32-33-59-64(42-48)67(47-24-17-14-18-25-47)72-61-30-20-27-45-26-19-29-60(65(45)61)71(72)66(59)46-22-15-13-16-23-46/h13-44H,1-12H3. The number of hydrogen-bond donors (Lipinski definition) is 0. The van der Waals surface area contributed by atoms with Gasteiger partial charge in [-0.15, -0.1) is 0 Å². The molecule has 11 aromatic rings. The molecule has 0 saturated carbocycles. The van der Waals surface area contributed by atoms with Crippen molar-refractivity contribution in [2.75, 3.05) is 0 Å². The molecule has 0 amide bonds. The van der Waals surface area contributed by atoms with E-state index in [0.29, 0.717) is 0 Å². The lowest BCUT2D eigenvalue weighted by atomic mass is 9.77. The van der Waals surface area contributed by atoms with Gasteiger partial charge in [0.05, 0.1) is 0 Å². The molecule has 0 aromatic heterocycles. The monoisotopic (exact) mass is 981 g/mol. The molecule has 0 spiro atoms. The van der Waals surface area contributed by atoms with Crippen molar-refractivity contribution in [3.05, 3.63) is 216 Å². The van der Waals surface area contributed by atoms with Crippen LogP contribution < -0.4 is 0 Å². The predicted molar refractivity (Wildman–Crippen MR) is 330 cm³/mol. The molecule has 0 nitrogen and oxygen atoms in total. The molecule has 0 heteroatoms. The van der Waals surface area contributed by atoms with E-state index in [-0.39, 0.29) is 21.7 Å². The average Bonchev–Trinajstić information content (AvgIpc) is 4.10. The first kappa shape index (κ1) is 47.9. The van der Waals surface area contributed by atoms with Crippen molar-refractivity contribution < 1.29 is 0 Å². The zero-order valence-corrected chi connectivity index (χ0v) is 46.5. The van der Waals surface area contributed by atoms with E-state index in [1.54, 1.807) is 0 Å². The molecule has 0 unspecified atom stereocenters. The highest BCUT2D eigenvalue weighted by Crippen LogP contribution is 2.60. The Kier molecular flexibility index (Phi) is 10.6. The fourth-order valence-corrected chi connectivity index (χ4v) is 12.8. The third-order valence-corrected chi connectivity index (χ3v) is 16.9. The van der Waals surface area contributed by atoms with E-state index in [9.17, 15) is 0 Å². The van der Waals surface area contributed by atoms with E-state index in [1.807, 2.05) is 0 Å². The first-order valence-corrected chi connectivity index (χ1v) is 27.6. The normalized spacial score (nSPS) is 13.0. The summed E-state index contributed by atoms with van der Waals surface area (Å²) in [7, 11) is 0. The molecule has 0 atom stereocenters. The van der Waals surface area contributed by atoms with Crippen molar-refractivity contribution in [1.29, 1.82) is 0 Å². The van der Waals surface area contributed by atoms with Crippen LogP contribution in [0.5, 0.6) is 0 Å². The van der Waals surface area contributed by atoms with Gasteiger partial charge in [-0.2, -0.15) is 0 Å². The predicted octanol–water partition coefficient (Wildman–Crippen LogP) is 22.0. The fraction of sp³-hybridized carbons (Fsp3) is 0.211. The molecule has 2 aliphatic carbocycles.